The van der Waals surface area contributed by atoms with Gasteiger partial charge in [-0.2, -0.15) is 0 Å². The molecule has 0 aromatic carbocycles. The van der Waals surface area contributed by atoms with Gasteiger partial charge in [-0.25, -0.2) is 0 Å². The van der Waals surface area contributed by atoms with Crippen LogP contribution in [0.3, 0.4) is 0 Å². The van der Waals surface area contributed by atoms with E-state index in [9.17, 15) is 20.2 Å². The van der Waals surface area contributed by atoms with E-state index < -0.39 is 9.85 Å². The number of nitro groups is 2. The van der Waals surface area contributed by atoms with Crippen LogP contribution in [0, 0.1) is 20.2 Å². The summed E-state index contributed by atoms with van der Waals surface area (Å²) in [5.41, 5.74) is -0.293. The van der Waals surface area contributed by atoms with Crippen LogP contribution >= 0.6 is 11.3 Å². The number of hydrogen-bond donors (Lipinski definition) is 0. The standard InChI is InChI=1S/C8H6N2O4S/c1-5(9(11)12)7-3-8(15-4-7)6(2)10(13)14/h3-4H,1-2H2. The Labute approximate surface area is 88.5 Å². The fourth-order valence-electron chi connectivity index (χ4n) is 0.834. The topological polar surface area (TPSA) is 86.3 Å². The lowest BCUT2D eigenvalue weighted by atomic mass is 10.2. The van der Waals surface area contributed by atoms with Crippen molar-refractivity contribution >= 4 is 22.7 Å². The summed E-state index contributed by atoms with van der Waals surface area (Å²) in [6, 6.07) is 1.33. The Hall–Kier alpha value is -2.02. The Morgan fingerprint density at radius 2 is 1.73 bits per heavy atom. The van der Waals surface area contributed by atoms with Gasteiger partial charge in [0.1, 0.15) is 4.88 Å². The van der Waals surface area contributed by atoms with Crippen molar-refractivity contribution in [2.75, 3.05) is 0 Å². The van der Waals surface area contributed by atoms with Gasteiger partial charge in [-0.15, -0.1) is 11.3 Å². The molecule has 0 unspecified atom stereocenters. The largest absolute Gasteiger partial charge is 0.279 e. The van der Waals surface area contributed by atoms with Gasteiger partial charge in [0.2, 0.25) is 0 Å². The number of nitrogens with zero attached hydrogens (tertiary/aromatic N) is 2. The molecule has 6 nitrogen and oxygen atoms in total. The molecule has 0 radical (unpaired) electrons. The SMILES string of the molecule is C=C(c1csc(C(=C)[N+](=O)[O-])c1)[N+](=O)[O-]. The van der Waals surface area contributed by atoms with Crippen LogP contribution in [-0.4, -0.2) is 9.85 Å². The first kappa shape index (κ1) is 11.1. The second-order valence-electron chi connectivity index (χ2n) is 2.61. The first-order valence-corrected chi connectivity index (χ1v) is 4.57. The molecule has 0 aliphatic rings. The molecule has 78 valence electrons. The predicted molar refractivity (Wildman–Crippen MR) is 56.4 cm³/mol. The van der Waals surface area contributed by atoms with Crippen LogP contribution in [0.1, 0.15) is 10.4 Å². The van der Waals surface area contributed by atoms with Crippen molar-refractivity contribution in [1.29, 1.82) is 0 Å². The molecule has 1 rings (SSSR count). The van der Waals surface area contributed by atoms with Gasteiger partial charge < -0.3 is 0 Å². The molecule has 0 N–H and O–H groups in total. The lowest BCUT2D eigenvalue weighted by molar-refractivity contribution is -0.375. The van der Waals surface area contributed by atoms with Crippen molar-refractivity contribution in [2.24, 2.45) is 0 Å². The smallest absolute Gasteiger partial charge is 0.258 e. The molecule has 0 fully saturated rings. The summed E-state index contributed by atoms with van der Waals surface area (Å²) >= 11 is 1.03. The highest BCUT2D eigenvalue weighted by Crippen LogP contribution is 2.26. The van der Waals surface area contributed by atoms with Crippen LogP contribution in [-0.2, 0) is 0 Å². The van der Waals surface area contributed by atoms with E-state index in [1.54, 1.807) is 0 Å². The van der Waals surface area contributed by atoms with Crippen molar-refractivity contribution in [3.05, 3.63) is 55.3 Å². The Morgan fingerprint density at radius 3 is 2.20 bits per heavy atom. The molecule has 0 saturated carbocycles. The molecule has 0 aliphatic heterocycles. The Morgan fingerprint density at radius 1 is 1.20 bits per heavy atom. The quantitative estimate of drug-likeness (QED) is 0.581. The maximum atomic E-state index is 10.4. The Kier molecular flexibility index (Phi) is 2.96. The molecule has 1 heterocycles. The van der Waals surface area contributed by atoms with Crippen LogP contribution in [0.4, 0.5) is 0 Å². The van der Waals surface area contributed by atoms with Gasteiger partial charge in [0.05, 0.1) is 15.4 Å². The van der Waals surface area contributed by atoms with E-state index in [0.29, 0.717) is 0 Å². The first-order chi connectivity index (χ1) is 6.93. The summed E-state index contributed by atoms with van der Waals surface area (Å²) in [5, 5.41) is 22.2. The fraction of sp³-hybridized carbons (Fsp3) is 0. The lowest BCUT2D eigenvalue weighted by Gasteiger charge is -1.90. The zero-order valence-corrected chi connectivity index (χ0v) is 8.32. The van der Waals surface area contributed by atoms with E-state index >= 15 is 0 Å². The highest BCUT2D eigenvalue weighted by atomic mass is 32.1. The average Bonchev–Trinajstić information content (AvgIpc) is 2.63. The van der Waals surface area contributed by atoms with Gasteiger partial charge in [0, 0.05) is 5.38 Å². The molecule has 0 atom stereocenters. The zero-order chi connectivity index (χ0) is 11.6. The molecule has 15 heavy (non-hydrogen) atoms. The van der Waals surface area contributed by atoms with E-state index in [-0.39, 0.29) is 21.8 Å². The van der Waals surface area contributed by atoms with Crippen molar-refractivity contribution in [2.45, 2.75) is 0 Å². The minimum atomic E-state index is -0.638. The maximum absolute atomic E-state index is 10.4. The molecule has 0 aliphatic carbocycles. The number of hydrogen-bond acceptors (Lipinski definition) is 5. The monoisotopic (exact) mass is 226 g/mol. The van der Waals surface area contributed by atoms with Gasteiger partial charge in [-0.1, -0.05) is 0 Å². The summed E-state index contributed by atoms with van der Waals surface area (Å²) < 4.78 is 0. The predicted octanol–water partition coefficient (Wildman–Crippen LogP) is 2.24. The minimum Gasteiger partial charge on any atom is -0.258 e. The van der Waals surface area contributed by atoms with Gasteiger partial charge >= 0.3 is 0 Å². The van der Waals surface area contributed by atoms with Crippen LogP contribution in [0.5, 0.6) is 0 Å². The van der Waals surface area contributed by atoms with Crippen molar-refractivity contribution < 1.29 is 9.85 Å². The molecule has 0 amide bonds. The second kappa shape index (κ2) is 4.01. The Bertz CT molecular complexity index is 422. The molecule has 1 aromatic rings. The van der Waals surface area contributed by atoms with Gasteiger partial charge in [0.25, 0.3) is 11.4 Å². The van der Waals surface area contributed by atoms with Gasteiger partial charge in [0.15, 0.2) is 0 Å². The molecule has 1 aromatic heterocycles. The van der Waals surface area contributed by atoms with Crippen molar-refractivity contribution in [1.82, 2.24) is 0 Å². The minimum absolute atomic E-state index is 0.267. The van der Waals surface area contributed by atoms with E-state index in [2.05, 4.69) is 13.2 Å². The van der Waals surface area contributed by atoms with Crippen LogP contribution in [0.25, 0.3) is 11.4 Å². The molecule has 0 bridgehead atoms. The molecule has 0 spiro atoms. The van der Waals surface area contributed by atoms with Crippen LogP contribution in [0.2, 0.25) is 0 Å². The summed E-state index contributed by atoms with van der Waals surface area (Å²) in [4.78, 5) is 19.8. The zero-order valence-electron chi connectivity index (χ0n) is 7.50. The molecular formula is C8H6N2O4S. The van der Waals surface area contributed by atoms with E-state index in [1.807, 2.05) is 0 Å². The average molecular weight is 226 g/mol. The van der Waals surface area contributed by atoms with Crippen molar-refractivity contribution in [3.8, 4) is 0 Å². The molecule has 0 saturated heterocycles. The summed E-state index contributed by atoms with van der Waals surface area (Å²) in [6.07, 6.45) is 0. The third-order valence-corrected chi connectivity index (χ3v) is 2.64. The second-order valence-corrected chi connectivity index (χ2v) is 3.52. The summed E-state index contributed by atoms with van der Waals surface area (Å²) in [7, 11) is 0. The van der Waals surface area contributed by atoms with E-state index in [1.165, 1.54) is 11.4 Å². The molecule has 7 heteroatoms. The third kappa shape index (κ3) is 2.26. The normalized spacial score (nSPS) is 9.60. The first-order valence-electron chi connectivity index (χ1n) is 3.69. The van der Waals surface area contributed by atoms with Crippen molar-refractivity contribution in [3.63, 3.8) is 0 Å². The maximum Gasteiger partial charge on any atom is 0.279 e. The van der Waals surface area contributed by atoms with Crippen LogP contribution in [0.15, 0.2) is 24.6 Å². The number of rotatable bonds is 4. The van der Waals surface area contributed by atoms with Gasteiger partial charge in [-0.05, 0) is 19.2 Å². The van der Waals surface area contributed by atoms with Crippen LogP contribution < -0.4 is 0 Å². The molecular weight excluding hydrogens is 220 g/mol. The highest BCUT2D eigenvalue weighted by Gasteiger charge is 2.18. The third-order valence-electron chi connectivity index (χ3n) is 1.66. The van der Waals surface area contributed by atoms with E-state index in [0.717, 1.165) is 11.3 Å². The summed E-state index contributed by atoms with van der Waals surface area (Å²) in [5.74, 6) is 0. The lowest BCUT2D eigenvalue weighted by Crippen LogP contribution is -1.95. The Balaban J connectivity index is 3.00. The highest BCUT2D eigenvalue weighted by molar-refractivity contribution is 7.11. The summed E-state index contributed by atoms with van der Waals surface area (Å²) in [6.45, 7) is 6.50. The number of thiophene rings is 1. The fourth-order valence-corrected chi connectivity index (χ4v) is 1.70. The van der Waals surface area contributed by atoms with E-state index in [4.69, 9.17) is 0 Å². The van der Waals surface area contributed by atoms with Gasteiger partial charge in [-0.3, -0.25) is 20.2 Å².